The molecule has 0 bridgehead atoms. The molecular weight excluding hydrogens is 364 g/mol. The number of carbonyl (C=O) groups is 3. The fourth-order valence-corrected chi connectivity index (χ4v) is 3.26. The van der Waals surface area contributed by atoms with Crippen LogP contribution in [0.25, 0.3) is 0 Å². The molecule has 1 aliphatic heterocycles. The van der Waals surface area contributed by atoms with E-state index in [2.05, 4.69) is 5.92 Å². The molecule has 5 atom stereocenters. The smallest absolute Gasteiger partial charge is 0.303 e. The van der Waals surface area contributed by atoms with Crippen LogP contribution in [0.3, 0.4) is 0 Å². The van der Waals surface area contributed by atoms with E-state index in [-0.39, 0.29) is 12.5 Å². The summed E-state index contributed by atoms with van der Waals surface area (Å²) in [4.78, 5) is 34.6. The molecule has 7 heteroatoms. The minimum absolute atomic E-state index is 0.142. The zero-order valence-corrected chi connectivity index (χ0v) is 16.3. The highest BCUT2D eigenvalue weighted by Gasteiger charge is 2.48. The van der Waals surface area contributed by atoms with Gasteiger partial charge in [0.1, 0.15) is 18.8 Å². The third kappa shape index (κ3) is 5.33. The highest BCUT2D eigenvalue weighted by atomic mass is 16.6. The van der Waals surface area contributed by atoms with Crippen molar-refractivity contribution in [1.82, 2.24) is 0 Å². The zero-order valence-electron chi connectivity index (χ0n) is 16.3. The fourth-order valence-electron chi connectivity index (χ4n) is 3.26. The van der Waals surface area contributed by atoms with Crippen molar-refractivity contribution in [2.24, 2.45) is 5.92 Å². The molecule has 0 amide bonds. The summed E-state index contributed by atoms with van der Waals surface area (Å²) in [6.45, 7) is 5.50. The van der Waals surface area contributed by atoms with E-state index in [0.29, 0.717) is 0 Å². The van der Waals surface area contributed by atoms with Gasteiger partial charge < -0.3 is 18.9 Å². The Morgan fingerprint density at radius 1 is 1.00 bits per heavy atom. The predicted octanol–water partition coefficient (Wildman–Crippen LogP) is 2.17. The Morgan fingerprint density at radius 3 is 2.07 bits per heavy atom. The Kier molecular flexibility index (Phi) is 7.18. The van der Waals surface area contributed by atoms with Crippen LogP contribution in [-0.2, 0) is 33.3 Å². The SMILES string of the molecule is C#Cc1ccc([C@H]2O[C@H](COC(C)=O)[C@@H](OC(C)=O)[C@H](OC(C)=O)[C@@H]2C)cc1. The van der Waals surface area contributed by atoms with Crippen LogP contribution in [0.5, 0.6) is 0 Å². The summed E-state index contributed by atoms with van der Waals surface area (Å²) in [6.07, 6.45) is 2.44. The molecule has 1 aromatic carbocycles. The number of esters is 3. The van der Waals surface area contributed by atoms with E-state index in [1.165, 1.54) is 20.8 Å². The van der Waals surface area contributed by atoms with Gasteiger partial charge in [-0.3, -0.25) is 14.4 Å². The first-order chi connectivity index (χ1) is 13.2. The molecule has 1 aliphatic rings. The summed E-state index contributed by atoms with van der Waals surface area (Å²) in [5, 5.41) is 0. The standard InChI is InChI=1S/C21H24O7/c1-6-16-7-9-17(10-8-16)19-12(2)20(26-14(4)23)21(27-15(5)24)18(28-19)11-25-13(3)22/h1,7-10,12,18-21H,11H2,2-5H3/t12-,18-,19+,20-,21-/m1/s1. The lowest BCUT2D eigenvalue weighted by molar-refractivity contribution is -0.232. The van der Waals surface area contributed by atoms with Gasteiger partial charge >= 0.3 is 17.9 Å². The molecule has 1 saturated heterocycles. The van der Waals surface area contributed by atoms with Crippen molar-refractivity contribution in [1.29, 1.82) is 0 Å². The maximum Gasteiger partial charge on any atom is 0.303 e. The van der Waals surface area contributed by atoms with E-state index in [4.69, 9.17) is 25.4 Å². The Bertz CT molecular complexity index is 762. The number of hydrogen-bond donors (Lipinski definition) is 0. The van der Waals surface area contributed by atoms with E-state index in [9.17, 15) is 14.4 Å². The summed E-state index contributed by atoms with van der Waals surface area (Å²) in [5.74, 6) is 0.652. The van der Waals surface area contributed by atoms with Crippen molar-refractivity contribution in [2.45, 2.75) is 52.1 Å². The molecule has 0 saturated carbocycles. The number of ether oxygens (including phenoxy) is 4. The fraction of sp³-hybridized carbons (Fsp3) is 0.476. The van der Waals surface area contributed by atoms with Crippen LogP contribution in [0.2, 0.25) is 0 Å². The van der Waals surface area contributed by atoms with Gasteiger partial charge in [-0.2, -0.15) is 0 Å². The number of hydrogen-bond acceptors (Lipinski definition) is 7. The lowest BCUT2D eigenvalue weighted by Gasteiger charge is -2.44. The highest BCUT2D eigenvalue weighted by molar-refractivity contribution is 5.67. The third-order valence-electron chi connectivity index (χ3n) is 4.47. The minimum Gasteiger partial charge on any atom is -0.463 e. The van der Waals surface area contributed by atoms with Crippen LogP contribution in [0, 0.1) is 18.3 Å². The maximum absolute atomic E-state index is 11.7. The molecule has 0 aliphatic carbocycles. The molecule has 2 rings (SSSR count). The van der Waals surface area contributed by atoms with Crippen LogP contribution < -0.4 is 0 Å². The Balaban J connectivity index is 2.38. The van der Waals surface area contributed by atoms with Crippen LogP contribution in [-0.4, -0.2) is 42.8 Å². The molecule has 0 radical (unpaired) electrons. The van der Waals surface area contributed by atoms with Crippen molar-refractivity contribution < 1.29 is 33.3 Å². The molecule has 0 spiro atoms. The van der Waals surface area contributed by atoms with Gasteiger partial charge in [-0.15, -0.1) is 6.42 Å². The first kappa shape index (κ1) is 21.5. The van der Waals surface area contributed by atoms with Crippen molar-refractivity contribution in [3.8, 4) is 12.3 Å². The van der Waals surface area contributed by atoms with Crippen LogP contribution in [0.1, 0.15) is 44.9 Å². The molecule has 7 nitrogen and oxygen atoms in total. The highest BCUT2D eigenvalue weighted by Crippen LogP contribution is 2.39. The number of carbonyl (C=O) groups excluding carboxylic acids is 3. The summed E-state index contributed by atoms with van der Waals surface area (Å²) in [6, 6.07) is 7.23. The first-order valence-electron chi connectivity index (χ1n) is 8.92. The zero-order chi connectivity index (χ0) is 20.8. The average Bonchev–Trinajstić information content (AvgIpc) is 2.63. The van der Waals surface area contributed by atoms with Gasteiger partial charge in [0.05, 0.1) is 6.10 Å². The molecule has 28 heavy (non-hydrogen) atoms. The molecular formula is C21H24O7. The van der Waals surface area contributed by atoms with Gasteiger partial charge in [0.15, 0.2) is 6.10 Å². The second-order valence-corrected chi connectivity index (χ2v) is 6.67. The average molecular weight is 388 g/mol. The maximum atomic E-state index is 11.7. The molecule has 150 valence electrons. The summed E-state index contributed by atoms with van der Waals surface area (Å²) in [7, 11) is 0. The van der Waals surface area contributed by atoms with Gasteiger partial charge in [0.2, 0.25) is 0 Å². The Morgan fingerprint density at radius 2 is 1.57 bits per heavy atom. The van der Waals surface area contributed by atoms with Crippen molar-refractivity contribution in [2.75, 3.05) is 6.61 Å². The van der Waals surface area contributed by atoms with Gasteiger partial charge in [0.25, 0.3) is 0 Å². The topological polar surface area (TPSA) is 88.1 Å². The molecule has 0 unspecified atom stereocenters. The van der Waals surface area contributed by atoms with Gasteiger partial charge in [-0.25, -0.2) is 0 Å². The molecule has 1 heterocycles. The molecule has 1 aromatic rings. The van der Waals surface area contributed by atoms with Crippen LogP contribution >= 0.6 is 0 Å². The third-order valence-corrected chi connectivity index (χ3v) is 4.47. The van der Waals surface area contributed by atoms with E-state index in [1.807, 2.05) is 19.1 Å². The van der Waals surface area contributed by atoms with Crippen molar-refractivity contribution >= 4 is 17.9 Å². The van der Waals surface area contributed by atoms with Crippen LogP contribution in [0.15, 0.2) is 24.3 Å². The monoisotopic (exact) mass is 388 g/mol. The second kappa shape index (κ2) is 9.38. The minimum atomic E-state index is -0.906. The van der Waals surface area contributed by atoms with E-state index in [1.54, 1.807) is 12.1 Å². The van der Waals surface area contributed by atoms with Gasteiger partial charge in [-0.1, -0.05) is 25.0 Å². The van der Waals surface area contributed by atoms with Gasteiger partial charge in [0, 0.05) is 32.3 Å². The summed E-state index contributed by atoms with van der Waals surface area (Å²) >= 11 is 0. The first-order valence-corrected chi connectivity index (χ1v) is 8.92. The second-order valence-electron chi connectivity index (χ2n) is 6.67. The number of rotatable bonds is 5. The van der Waals surface area contributed by atoms with E-state index < -0.39 is 42.3 Å². The number of terminal acetylenes is 1. The molecule has 0 aromatic heterocycles. The summed E-state index contributed by atoms with van der Waals surface area (Å²) in [5.41, 5.74) is 1.54. The lowest BCUT2D eigenvalue weighted by Crippen LogP contribution is -2.55. The molecule has 0 N–H and O–H groups in total. The molecule has 1 fully saturated rings. The normalized spacial score (nSPS) is 26.6. The Labute approximate surface area is 164 Å². The van der Waals surface area contributed by atoms with E-state index in [0.717, 1.165) is 11.1 Å². The number of benzene rings is 1. The van der Waals surface area contributed by atoms with Gasteiger partial charge in [-0.05, 0) is 17.7 Å². The largest absolute Gasteiger partial charge is 0.463 e. The predicted molar refractivity (Wildman–Crippen MR) is 98.9 cm³/mol. The van der Waals surface area contributed by atoms with Crippen molar-refractivity contribution in [3.63, 3.8) is 0 Å². The summed E-state index contributed by atoms with van der Waals surface area (Å²) < 4.78 is 22.1. The quantitative estimate of drug-likeness (QED) is 0.434. The van der Waals surface area contributed by atoms with Crippen LogP contribution in [0.4, 0.5) is 0 Å². The Hall–Kier alpha value is -2.85. The van der Waals surface area contributed by atoms with E-state index >= 15 is 0 Å². The van der Waals surface area contributed by atoms with Crippen molar-refractivity contribution in [3.05, 3.63) is 35.4 Å². The lowest BCUT2D eigenvalue weighted by atomic mass is 9.84.